The van der Waals surface area contributed by atoms with Gasteiger partial charge in [-0.15, -0.1) is 0 Å². The average Bonchev–Trinajstić information content (AvgIpc) is 3.11. The van der Waals surface area contributed by atoms with E-state index in [1.165, 1.54) is 18.0 Å². The molecule has 22 heavy (non-hydrogen) atoms. The van der Waals surface area contributed by atoms with Gasteiger partial charge < -0.3 is 9.15 Å². The van der Waals surface area contributed by atoms with E-state index in [2.05, 4.69) is 21.6 Å². The maximum Gasteiger partial charge on any atom is 0.375 e. The number of esters is 1. The summed E-state index contributed by atoms with van der Waals surface area (Å²) in [5.74, 6) is -0.124. The summed E-state index contributed by atoms with van der Waals surface area (Å²) in [5.41, 5.74) is 0.659. The second-order valence-electron chi connectivity index (χ2n) is 4.29. The molecule has 0 unspecified atom stereocenters. The van der Waals surface area contributed by atoms with Crippen LogP contribution in [0.25, 0.3) is 0 Å². The molecule has 118 valence electrons. The van der Waals surface area contributed by atoms with Gasteiger partial charge >= 0.3 is 5.97 Å². The molecule has 0 saturated heterocycles. The lowest BCUT2D eigenvalue weighted by Gasteiger charge is -2.03. The molecule has 0 aliphatic rings. The molecule has 0 bridgehead atoms. The molecule has 0 fully saturated rings. The Morgan fingerprint density at radius 2 is 2.32 bits per heavy atom. The Kier molecular flexibility index (Phi) is 5.96. The highest BCUT2D eigenvalue weighted by Gasteiger charge is 2.16. The monoisotopic (exact) mass is 341 g/mol. The van der Waals surface area contributed by atoms with Crippen molar-refractivity contribution in [2.24, 2.45) is 0 Å². The summed E-state index contributed by atoms with van der Waals surface area (Å²) in [6.45, 7) is 3.38. The standard InChI is InChI=1S/C13H15N3O4S2/c1-3-6-21-13-15-12(22-16-13)14-9(17)7-20-11(18)10-8(2)4-5-19-10/h4-5H,3,6-7H2,1-2H3,(H,14,15,16,17). The molecular formula is C13H15N3O4S2. The number of rotatable bonds is 7. The molecule has 2 aromatic heterocycles. The van der Waals surface area contributed by atoms with Gasteiger partial charge in [-0.2, -0.15) is 9.36 Å². The Bertz CT molecular complexity index is 653. The Balaban J connectivity index is 1.79. The molecule has 0 radical (unpaired) electrons. The first-order valence-electron chi connectivity index (χ1n) is 6.57. The molecule has 9 heteroatoms. The van der Waals surface area contributed by atoms with E-state index in [4.69, 9.17) is 9.15 Å². The maximum absolute atomic E-state index is 11.7. The van der Waals surface area contributed by atoms with Crippen LogP contribution in [0.2, 0.25) is 0 Å². The van der Waals surface area contributed by atoms with E-state index in [1.807, 2.05) is 0 Å². The number of carbonyl (C=O) groups is 2. The molecule has 7 nitrogen and oxygen atoms in total. The van der Waals surface area contributed by atoms with E-state index in [0.29, 0.717) is 15.9 Å². The van der Waals surface area contributed by atoms with Crippen molar-refractivity contribution in [2.75, 3.05) is 17.7 Å². The van der Waals surface area contributed by atoms with E-state index < -0.39 is 18.5 Å². The molecule has 1 amide bonds. The smallest absolute Gasteiger partial charge is 0.375 e. The summed E-state index contributed by atoms with van der Waals surface area (Å²) in [7, 11) is 0. The zero-order chi connectivity index (χ0) is 15.9. The van der Waals surface area contributed by atoms with E-state index >= 15 is 0 Å². The molecule has 2 heterocycles. The van der Waals surface area contributed by atoms with Crippen LogP contribution in [0.3, 0.4) is 0 Å². The molecule has 0 aromatic carbocycles. The number of amides is 1. The Morgan fingerprint density at radius 1 is 1.50 bits per heavy atom. The van der Waals surface area contributed by atoms with E-state index in [1.54, 1.807) is 13.0 Å². The number of nitrogens with zero attached hydrogens (tertiary/aromatic N) is 2. The minimum atomic E-state index is -0.672. The quantitative estimate of drug-likeness (QED) is 0.611. The molecule has 0 aliphatic carbocycles. The number of thioether (sulfide) groups is 1. The molecule has 0 saturated carbocycles. The summed E-state index contributed by atoms with van der Waals surface area (Å²) >= 11 is 2.62. The van der Waals surface area contributed by atoms with E-state index in [-0.39, 0.29) is 5.76 Å². The number of carbonyl (C=O) groups excluding carboxylic acids is 2. The highest BCUT2D eigenvalue weighted by Crippen LogP contribution is 2.20. The van der Waals surface area contributed by atoms with Gasteiger partial charge in [0, 0.05) is 22.8 Å². The van der Waals surface area contributed by atoms with Crippen LogP contribution in [-0.2, 0) is 9.53 Å². The topological polar surface area (TPSA) is 94.3 Å². The summed E-state index contributed by atoms with van der Waals surface area (Å²) in [4.78, 5) is 27.5. The van der Waals surface area contributed by atoms with Gasteiger partial charge in [-0.3, -0.25) is 10.1 Å². The van der Waals surface area contributed by atoms with Crippen LogP contribution in [0.1, 0.15) is 29.5 Å². The third-order valence-electron chi connectivity index (χ3n) is 2.47. The van der Waals surface area contributed by atoms with E-state index in [9.17, 15) is 9.59 Å². The highest BCUT2D eigenvalue weighted by atomic mass is 32.2. The third-order valence-corrected chi connectivity index (χ3v) is 4.27. The molecule has 1 N–H and O–H groups in total. The Hall–Kier alpha value is -1.87. The minimum Gasteiger partial charge on any atom is -0.457 e. The molecule has 2 aromatic rings. The predicted octanol–water partition coefficient (Wildman–Crippen LogP) is 2.74. The largest absolute Gasteiger partial charge is 0.457 e. The highest BCUT2D eigenvalue weighted by molar-refractivity contribution is 7.99. The van der Waals surface area contributed by atoms with Crippen molar-refractivity contribution in [1.29, 1.82) is 0 Å². The maximum atomic E-state index is 11.7. The number of aromatic nitrogens is 2. The lowest BCUT2D eigenvalue weighted by atomic mass is 10.3. The van der Waals surface area contributed by atoms with Crippen molar-refractivity contribution in [3.05, 3.63) is 23.7 Å². The molecule has 0 spiro atoms. The number of nitrogens with one attached hydrogen (secondary N) is 1. The minimum absolute atomic E-state index is 0.0990. The number of ether oxygens (including phenoxy) is 1. The van der Waals surface area contributed by atoms with Gasteiger partial charge in [0.1, 0.15) is 0 Å². The predicted molar refractivity (Wildman–Crippen MR) is 83.3 cm³/mol. The van der Waals surface area contributed by atoms with Crippen LogP contribution >= 0.6 is 23.3 Å². The van der Waals surface area contributed by atoms with Gasteiger partial charge in [0.05, 0.1) is 6.26 Å². The molecular weight excluding hydrogens is 326 g/mol. The van der Waals surface area contributed by atoms with Crippen LogP contribution in [-0.4, -0.2) is 33.6 Å². The zero-order valence-electron chi connectivity index (χ0n) is 12.1. The zero-order valence-corrected chi connectivity index (χ0v) is 13.8. The van der Waals surface area contributed by atoms with Crippen molar-refractivity contribution in [3.63, 3.8) is 0 Å². The van der Waals surface area contributed by atoms with Crippen LogP contribution < -0.4 is 5.32 Å². The van der Waals surface area contributed by atoms with Gasteiger partial charge in [-0.25, -0.2) is 4.79 Å². The van der Waals surface area contributed by atoms with Crippen LogP contribution in [0.5, 0.6) is 0 Å². The number of hydrogen-bond donors (Lipinski definition) is 1. The van der Waals surface area contributed by atoms with Crippen LogP contribution in [0, 0.1) is 6.92 Å². The fraction of sp³-hybridized carbons (Fsp3) is 0.385. The molecule has 0 atom stereocenters. The fourth-order valence-electron chi connectivity index (χ4n) is 1.45. The number of hydrogen-bond acceptors (Lipinski definition) is 8. The summed E-state index contributed by atoms with van der Waals surface area (Å²) < 4.78 is 14.0. The van der Waals surface area contributed by atoms with Gasteiger partial charge in [0.2, 0.25) is 16.0 Å². The fourth-order valence-corrected chi connectivity index (χ4v) is 2.86. The Morgan fingerprint density at radius 3 is 3.00 bits per heavy atom. The first kappa shape index (κ1) is 16.5. The average molecular weight is 341 g/mol. The van der Waals surface area contributed by atoms with Gasteiger partial charge in [0.15, 0.2) is 6.61 Å². The summed E-state index contributed by atoms with van der Waals surface area (Å²) in [5, 5.41) is 3.55. The van der Waals surface area contributed by atoms with Crippen molar-refractivity contribution < 1.29 is 18.7 Å². The van der Waals surface area contributed by atoms with Crippen molar-refractivity contribution >= 4 is 40.3 Å². The first-order chi connectivity index (χ1) is 10.6. The second-order valence-corrected chi connectivity index (χ2v) is 6.10. The van der Waals surface area contributed by atoms with Crippen LogP contribution in [0.4, 0.5) is 5.13 Å². The van der Waals surface area contributed by atoms with Crippen LogP contribution in [0.15, 0.2) is 21.9 Å². The lowest BCUT2D eigenvalue weighted by Crippen LogP contribution is -2.20. The van der Waals surface area contributed by atoms with Crippen molar-refractivity contribution in [1.82, 2.24) is 9.36 Å². The van der Waals surface area contributed by atoms with E-state index in [0.717, 1.165) is 23.7 Å². The molecule has 2 rings (SSSR count). The lowest BCUT2D eigenvalue weighted by molar-refractivity contribution is -0.119. The number of anilines is 1. The Labute approximate surface area is 135 Å². The summed E-state index contributed by atoms with van der Waals surface area (Å²) in [6.07, 6.45) is 2.41. The van der Waals surface area contributed by atoms with Crippen molar-refractivity contribution in [2.45, 2.75) is 25.4 Å². The van der Waals surface area contributed by atoms with Gasteiger partial charge in [-0.05, 0) is 19.4 Å². The SMILES string of the molecule is CCCSc1nsc(NC(=O)COC(=O)c2occc2C)n1. The molecule has 0 aliphatic heterocycles. The normalized spacial score (nSPS) is 10.5. The van der Waals surface area contributed by atoms with Gasteiger partial charge in [0.25, 0.3) is 5.91 Å². The van der Waals surface area contributed by atoms with Gasteiger partial charge in [-0.1, -0.05) is 18.7 Å². The number of furan rings is 1. The number of aryl methyl sites for hydroxylation is 1. The third kappa shape index (κ3) is 4.57. The first-order valence-corrected chi connectivity index (χ1v) is 8.33. The second kappa shape index (κ2) is 7.95. The van der Waals surface area contributed by atoms with Crippen molar-refractivity contribution in [3.8, 4) is 0 Å². The summed E-state index contributed by atoms with van der Waals surface area (Å²) in [6, 6.07) is 1.65.